The molecule has 0 spiro atoms. The van der Waals surface area contributed by atoms with Crippen molar-refractivity contribution in [3.05, 3.63) is 29.3 Å². The molecule has 0 heterocycles. The molecule has 0 aromatic heterocycles. The summed E-state index contributed by atoms with van der Waals surface area (Å²) in [6.07, 6.45) is 4.98. The highest BCUT2D eigenvalue weighted by Gasteiger charge is 2.25. The number of nitriles is 1. The Hall–Kier alpha value is -0.650. The fraction of sp³-hybridized carbons (Fsp3) is 0.462. The minimum atomic E-state index is 0.101. The SMILES string of the molecule is N#CC(Sc1ccc(Cl)cc1)C1CCCC1. The molecule has 0 N–H and O–H groups in total. The summed E-state index contributed by atoms with van der Waals surface area (Å²) in [5.41, 5.74) is 0. The molecular formula is C13H14ClNS. The van der Waals surface area contributed by atoms with Crippen LogP contribution in [-0.2, 0) is 0 Å². The Morgan fingerprint density at radius 3 is 2.44 bits per heavy atom. The summed E-state index contributed by atoms with van der Waals surface area (Å²) in [6.45, 7) is 0. The maximum Gasteiger partial charge on any atom is 0.0991 e. The summed E-state index contributed by atoms with van der Waals surface area (Å²) in [4.78, 5) is 1.14. The molecule has 1 nitrogen and oxygen atoms in total. The predicted molar refractivity (Wildman–Crippen MR) is 68.7 cm³/mol. The Bertz CT molecular complexity index is 376. The summed E-state index contributed by atoms with van der Waals surface area (Å²) in [7, 11) is 0. The van der Waals surface area contributed by atoms with E-state index in [0.29, 0.717) is 5.92 Å². The zero-order valence-electron chi connectivity index (χ0n) is 9.03. The van der Waals surface area contributed by atoms with Crippen LogP contribution in [0.4, 0.5) is 0 Å². The van der Waals surface area contributed by atoms with E-state index in [2.05, 4.69) is 6.07 Å². The van der Waals surface area contributed by atoms with Crippen molar-refractivity contribution >= 4 is 23.4 Å². The van der Waals surface area contributed by atoms with Crippen molar-refractivity contribution in [3.8, 4) is 6.07 Å². The van der Waals surface area contributed by atoms with Crippen molar-refractivity contribution in [2.24, 2.45) is 5.92 Å². The van der Waals surface area contributed by atoms with Gasteiger partial charge in [0.05, 0.1) is 11.3 Å². The van der Waals surface area contributed by atoms with Crippen LogP contribution in [0.1, 0.15) is 25.7 Å². The Morgan fingerprint density at radius 2 is 1.88 bits per heavy atom. The van der Waals surface area contributed by atoms with E-state index in [1.807, 2.05) is 24.3 Å². The highest BCUT2D eigenvalue weighted by Crippen LogP contribution is 2.37. The highest BCUT2D eigenvalue weighted by atomic mass is 35.5. The van der Waals surface area contributed by atoms with Gasteiger partial charge in [0.2, 0.25) is 0 Å². The first-order valence-corrected chi connectivity index (χ1v) is 6.87. The largest absolute Gasteiger partial charge is 0.197 e. The predicted octanol–water partition coefficient (Wildman–Crippen LogP) is 4.51. The summed E-state index contributed by atoms with van der Waals surface area (Å²) in [5.74, 6) is 0.575. The van der Waals surface area contributed by atoms with Gasteiger partial charge in [0.25, 0.3) is 0 Å². The van der Waals surface area contributed by atoms with Crippen molar-refractivity contribution in [3.63, 3.8) is 0 Å². The van der Waals surface area contributed by atoms with E-state index < -0.39 is 0 Å². The molecule has 1 atom stereocenters. The number of thioether (sulfide) groups is 1. The normalized spacial score (nSPS) is 18.2. The molecule has 1 aliphatic rings. The van der Waals surface area contributed by atoms with Crippen LogP contribution in [0.25, 0.3) is 0 Å². The molecule has 84 valence electrons. The van der Waals surface area contributed by atoms with Crippen molar-refractivity contribution in [1.29, 1.82) is 5.26 Å². The number of nitrogens with zero attached hydrogens (tertiary/aromatic N) is 1. The smallest absolute Gasteiger partial charge is 0.0991 e. The first kappa shape index (κ1) is 11.8. The fourth-order valence-electron chi connectivity index (χ4n) is 2.15. The topological polar surface area (TPSA) is 23.8 Å². The zero-order chi connectivity index (χ0) is 11.4. The third-order valence-electron chi connectivity index (χ3n) is 3.03. The molecule has 0 saturated heterocycles. The van der Waals surface area contributed by atoms with Gasteiger partial charge in [-0.25, -0.2) is 0 Å². The Balaban J connectivity index is 2.01. The van der Waals surface area contributed by atoms with Crippen molar-refractivity contribution in [1.82, 2.24) is 0 Å². The van der Waals surface area contributed by atoms with E-state index in [9.17, 15) is 5.26 Å². The van der Waals surface area contributed by atoms with Crippen molar-refractivity contribution < 1.29 is 0 Å². The number of hydrogen-bond donors (Lipinski definition) is 0. The molecule has 1 aliphatic carbocycles. The Morgan fingerprint density at radius 1 is 1.25 bits per heavy atom. The van der Waals surface area contributed by atoms with Gasteiger partial charge in [-0.3, -0.25) is 0 Å². The number of rotatable bonds is 3. The lowest BCUT2D eigenvalue weighted by atomic mass is 10.1. The molecular weight excluding hydrogens is 238 g/mol. The average molecular weight is 252 g/mol. The van der Waals surface area contributed by atoms with Gasteiger partial charge in [-0.2, -0.15) is 5.26 Å². The van der Waals surface area contributed by atoms with E-state index >= 15 is 0 Å². The second-order valence-electron chi connectivity index (χ2n) is 4.17. The van der Waals surface area contributed by atoms with E-state index in [1.54, 1.807) is 11.8 Å². The quantitative estimate of drug-likeness (QED) is 0.738. The highest BCUT2D eigenvalue weighted by molar-refractivity contribution is 8.00. The molecule has 0 amide bonds. The molecule has 1 saturated carbocycles. The van der Waals surface area contributed by atoms with Gasteiger partial charge in [-0.05, 0) is 43.0 Å². The zero-order valence-corrected chi connectivity index (χ0v) is 10.6. The van der Waals surface area contributed by atoms with Crippen LogP contribution in [0.3, 0.4) is 0 Å². The fourth-order valence-corrected chi connectivity index (χ4v) is 3.38. The second-order valence-corrected chi connectivity index (χ2v) is 5.82. The van der Waals surface area contributed by atoms with Gasteiger partial charge < -0.3 is 0 Å². The van der Waals surface area contributed by atoms with Crippen LogP contribution in [0, 0.1) is 17.2 Å². The maximum atomic E-state index is 9.21. The van der Waals surface area contributed by atoms with Crippen LogP contribution in [-0.4, -0.2) is 5.25 Å². The van der Waals surface area contributed by atoms with Gasteiger partial charge in [-0.15, -0.1) is 11.8 Å². The molecule has 1 unspecified atom stereocenters. The van der Waals surface area contributed by atoms with Gasteiger partial charge in [0, 0.05) is 9.92 Å². The molecule has 0 radical (unpaired) electrons. The summed E-state index contributed by atoms with van der Waals surface area (Å²) in [6, 6.07) is 10.2. The van der Waals surface area contributed by atoms with Crippen LogP contribution >= 0.6 is 23.4 Å². The lowest BCUT2D eigenvalue weighted by Gasteiger charge is -2.15. The average Bonchev–Trinajstić information content (AvgIpc) is 2.82. The Labute approximate surface area is 106 Å². The van der Waals surface area contributed by atoms with Crippen molar-refractivity contribution in [2.75, 3.05) is 0 Å². The van der Waals surface area contributed by atoms with Crippen LogP contribution in [0.2, 0.25) is 5.02 Å². The summed E-state index contributed by atoms with van der Waals surface area (Å²) in [5, 5.41) is 10.1. The standard InChI is InChI=1S/C13H14ClNS/c14-11-5-7-12(8-6-11)16-13(9-15)10-3-1-2-4-10/h5-8,10,13H,1-4H2. The van der Waals surface area contributed by atoms with Gasteiger partial charge >= 0.3 is 0 Å². The maximum absolute atomic E-state index is 9.21. The van der Waals surface area contributed by atoms with Crippen LogP contribution in [0.15, 0.2) is 29.2 Å². The molecule has 1 aromatic rings. The van der Waals surface area contributed by atoms with Gasteiger partial charge in [0.1, 0.15) is 0 Å². The molecule has 0 bridgehead atoms. The van der Waals surface area contributed by atoms with E-state index in [-0.39, 0.29) is 5.25 Å². The molecule has 1 fully saturated rings. The number of halogens is 1. The Kier molecular flexibility index (Phi) is 4.15. The van der Waals surface area contributed by atoms with Crippen LogP contribution in [0.5, 0.6) is 0 Å². The van der Waals surface area contributed by atoms with E-state index in [1.165, 1.54) is 25.7 Å². The van der Waals surface area contributed by atoms with Gasteiger partial charge in [0.15, 0.2) is 0 Å². The number of benzene rings is 1. The molecule has 16 heavy (non-hydrogen) atoms. The third-order valence-corrected chi connectivity index (χ3v) is 4.57. The minimum Gasteiger partial charge on any atom is -0.197 e. The molecule has 2 rings (SSSR count). The third kappa shape index (κ3) is 2.93. The minimum absolute atomic E-state index is 0.101. The lowest BCUT2D eigenvalue weighted by Crippen LogP contribution is -2.11. The monoisotopic (exact) mass is 251 g/mol. The van der Waals surface area contributed by atoms with E-state index in [0.717, 1.165) is 9.92 Å². The second kappa shape index (κ2) is 5.61. The number of hydrogen-bond acceptors (Lipinski definition) is 2. The molecule has 0 aliphatic heterocycles. The van der Waals surface area contributed by atoms with Gasteiger partial charge in [-0.1, -0.05) is 24.4 Å². The van der Waals surface area contributed by atoms with Crippen molar-refractivity contribution in [2.45, 2.75) is 35.8 Å². The molecule has 3 heteroatoms. The van der Waals surface area contributed by atoms with Crippen LogP contribution < -0.4 is 0 Å². The molecule has 1 aromatic carbocycles. The van der Waals surface area contributed by atoms with E-state index in [4.69, 9.17) is 11.6 Å². The summed E-state index contributed by atoms with van der Waals surface area (Å²) >= 11 is 7.51. The lowest BCUT2D eigenvalue weighted by molar-refractivity contribution is 0.575. The first-order valence-electron chi connectivity index (χ1n) is 5.61. The first-order chi connectivity index (χ1) is 7.79. The summed E-state index contributed by atoms with van der Waals surface area (Å²) < 4.78 is 0.